The maximum absolute atomic E-state index is 5.94. The molecule has 26 heavy (non-hydrogen) atoms. The first-order chi connectivity index (χ1) is 12.8. The summed E-state index contributed by atoms with van der Waals surface area (Å²) in [6, 6.07) is 13.9. The van der Waals surface area contributed by atoms with Crippen molar-refractivity contribution >= 4 is 11.0 Å². The summed E-state index contributed by atoms with van der Waals surface area (Å²) in [4.78, 5) is 10.3. The van der Waals surface area contributed by atoms with Crippen LogP contribution in [0.5, 0.6) is 11.5 Å². The number of hydrogen-bond acceptors (Lipinski definition) is 5. The van der Waals surface area contributed by atoms with Crippen LogP contribution in [0.2, 0.25) is 0 Å². The number of methoxy groups -OCH3 is 1. The smallest absolute Gasteiger partial charge is 0.161 e. The SMILES string of the molecule is COc1cc(-c2nc3ccccc3[nH]2)ccc1OCCN1CCOCC1. The molecule has 0 saturated carbocycles. The molecule has 2 heterocycles. The molecule has 136 valence electrons. The number of nitrogens with one attached hydrogen (secondary N) is 1. The summed E-state index contributed by atoms with van der Waals surface area (Å²) >= 11 is 0. The Bertz CT molecular complexity index is 839. The van der Waals surface area contributed by atoms with Gasteiger partial charge in [-0.05, 0) is 30.3 Å². The fourth-order valence-corrected chi connectivity index (χ4v) is 3.13. The molecule has 0 amide bonds. The number of hydrogen-bond donors (Lipinski definition) is 1. The topological polar surface area (TPSA) is 59.6 Å². The summed E-state index contributed by atoms with van der Waals surface area (Å²) in [7, 11) is 1.66. The lowest BCUT2D eigenvalue weighted by molar-refractivity contribution is 0.0321. The molecule has 1 aliphatic rings. The lowest BCUT2D eigenvalue weighted by Gasteiger charge is -2.26. The molecule has 6 heteroatoms. The van der Waals surface area contributed by atoms with Gasteiger partial charge in [0.15, 0.2) is 11.5 Å². The number of H-pyrrole nitrogens is 1. The molecule has 3 aromatic rings. The zero-order valence-corrected chi connectivity index (χ0v) is 14.9. The molecule has 1 N–H and O–H groups in total. The lowest BCUT2D eigenvalue weighted by Crippen LogP contribution is -2.38. The molecule has 0 spiro atoms. The van der Waals surface area contributed by atoms with E-state index in [0.717, 1.165) is 61.0 Å². The predicted octanol–water partition coefficient (Wildman–Crippen LogP) is 2.95. The molecule has 0 bridgehead atoms. The Morgan fingerprint density at radius 3 is 2.77 bits per heavy atom. The van der Waals surface area contributed by atoms with Gasteiger partial charge in [-0.15, -0.1) is 0 Å². The minimum Gasteiger partial charge on any atom is -0.493 e. The molecule has 1 fully saturated rings. The van der Waals surface area contributed by atoms with Gasteiger partial charge in [0.25, 0.3) is 0 Å². The fourth-order valence-electron chi connectivity index (χ4n) is 3.13. The number of para-hydroxylation sites is 2. The van der Waals surface area contributed by atoms with Crippen LogP contribution in [0.3, 0.4) is 0 Å². The number of aromatic amines is 1. The van der Waals surface area contributed by atoms with Crippen molar-refractivity contribution in [1.29, 1.82) is 0 Å². The van der Waals surface area contributed by atoms with Crippen molar-refractivity contribution < 1.29 is 14.2 Å². The second kappa shape index (κ2) is 7.76. The Morgan fingerprint density at radius 1 is 1.12 bits per heavy atom. The molecule has 1 saturated heterocycles. The van der Waals surface area contributed by atoms with Crippen molar-refractivity contribution in [2.75, 3.05) is 46.6 Å². The van der Waals surface area contributed by atoms with E-state index in [1.807, 2.05) is 42.5 Å². The number of ether oxygens (including phenoxy) is 3. The molecular weight excluding hydrogens is 330 g/mol. The number of benzene rings is 2. The minimum atomic E-state index is 0.625. The van der Waals surface area contributed by atoms with Crippen molar-refractivity contribution in [3.63, 3.8) is 0 Å². The van der Waals surface area contributed by atoms with Gasteiger partial charge in [-0.2, -0.15) is 0 Å². The van der Waals surface area contributed by atoms with Gasteiger partial charge in [-0.3, -0.25) is 4.90 Å². The number of nitrogens with zero attached hydrogens (tertiary/aromatic N) is 2. The van der Waals surface area contributed by atoms with E-state index in [0.29, 0.717) is 12.4 Å². The van der Waals surface area contributed by atoms with E-state index in [4.69, 9.17) is 14.2 Å². The molecule has 0 atom stereocenters. The summed E-state index contributed by atoms with van der Waals surface area (Å²) in [6.07, 6.45) is 0. The van der Waals surface area contributed by atoms with Crippen molar-refractivity contribution in [3.8, 4) is 22.9 Å². The summed E-state index contributed by atoms with van der Waals surface area (Å²) in [5.74, 6) is 2.29. The zero-order chi connectivity index (χ0) is 17.8. The van der Waals surface area contributed by atoms with Crippen LogP contribution < -0.4 is 9.47 Å². The van der Waals surface area contributed by atoms with E-state index >= 15 is 0 Å². The van der Waals surface area contributed by atoms with Gasteiger partial charge in [0.1, 0.15) is 12.4 Å². The Kier molecular flexibility index (Phi) is 5.04. The van der Waals surface area contributed by atoms with E-state index in [2.05, 4.69) is 14.9 Å². The van der Waals surface area contributed by atoms with Crippen LogP contribution >= 0.6 is 0 Å². The highest BCUT2D eigenvalue weighted by Gasteiger charge is 2.12. The number of rotatable bonds is 6. The number of imidazole rings is 1. The average molecular weight is 353 g/mol. The molecule has 4 rings (SSSR count). The fraction of sp³-hybridized carbons (Fsp3) is 0.350. The van der Waals surface area contributed by atoms with Gasteiger partial charge < -0.3 is 19.2 Å². The van der Waals surface area contributed by atoms with Crippen molar-refractivity contribution in [2.45, 2.75) is 0 Å². The first kappa shape index (κ1) is 16.9. The van der Waals surface area contributed by atoms with Crippen LogP contribution in [0.4, 0.5) is 0 Å². The summed E-state index contributed by atoms with van der Waals surface area (Å²) in [6.45, 7) is 5.04. The van der Waals surface area contributed by atoms with Crippen LogP contribution in [-0.4, -0.2) is 61.4 Å². The molecular formula is C20H23N3O3. The van der Waals surface area contributed by atoms with E-state index in [-0.39, 0.29) is 0 Å². The van der Waals surface area contributed by atoms with Gasteiger partial charge in [0, 0.05) is 25.2 Å². The number of fused-ring (bicyclic) bond motifs is 1. The van der Waals surface area contributed by atoms with Crippen LogP contribution in [0.1, 0.15) is 0 Å². The first-order valence-electron chi connectivity index (χ1n) is 8.89. The van der Waals surface area contributed by atoms with Gasteiger partial charge >= 0.3 is 0 Å². The zero-order valence-electron chi connectivity index (χ0n) is 14.9. The Labute approximate surface area is 152 Å². The predicted molar refractivity (Wildman–Crippen MR) is 101 cm³/mol. The third kappa shape index (κ3) is 3.66. The molecule has 1 aliphatic heterocycles. The van der Waals surface area contributed by atoms with Crippen LogP contribution in [0, 0.1) is 0 Å². The van der Waals surface area contributed by atoms with Crippen LogP contribution in [0.25, 0.3) is 22.4 Å². The molecule has 0 unspecified atom stereocenters. The molecule has 1 aromatic heterocycles. The van der Waals surface area contributed by atoms with Crippen molar-refractivity contribution in [1.82, 2.24) is 14.9 Å². The first-order valence-corrected chi connectivity index (χ1v) is 8.89. The highest BCUT2D eigenvalue weighted by atomic mass is 16.5. The maximum atomic E-state index is 5.94. The molecule has 6 nitrogen and oxygen atoms in total. The van der Waals surface area contributed by atoms with Crippen molar-refractivity contribution in [3.05, 3.63) is 42.5 Å². The van der Waals surface area contributed by atoms with Gasteiger partial charge in [0.05, 0.1) is 31.4 Å². The van der Waals surface area contributed by atoms with Crippen molar-refractivity contribution in [2.24, 2.45) is 0 Å². The number of aromatic nitrogens is 2. The lowest BCUT2D eigenvalue weighted by atomic mass is 10.2. The quantitative estimate of drug-likeness (QED) is 0.738. The third-order valence-corrected chi connectivity index (χ3v) is 4.60. The van der Waals surface area contributed by atoms with Gasteiger partial charge in [0.2, 0.25) is 0 Å². The van der Waals surface area contributed by atoms with E-state index < -0.39 is 0 Å². The second-order valence-electron chi connectivity index (χ2n) is 6.27. The average Bonchev–Trinajstić information content (AvgIpc) is 3.13. The normalized spacial score (nSPS) is 15.3. The van der Waals surface area contributed by atoms with E-state index in [1.54, 1.807) is 7.11 Å². The molecule has 0 radical (unpaired) electrons. The summed E-state index contributed by atoms with van der Waals surface area (Å²) < 4.78 is 16.8. The largest absolute Gasteiger partial charge is 0.493 e. The molecule has 2 aromatic carbocycles. The maximum Gasteiger partial charge on any atom is 0.161 e. The Hall–Kier alpha value is -2.57. The van der Waals surface area contributed by atoms with E-state index in [1.165, 1.54) is 0 Å². The summed E-state index contributed by atoms with van der Waals surface area (Å²) in [5, 5.41) is 0. The third-order valence-electron chi connectivity index (χ3n) is 4.60. The van der Waals surface area contributed by atoms with Crippen LogP contribution in [-0.2, 0) is 4.74 Å². The van der Waals surface area contributed by atoms with E-state index in [9.17, 15) is 0 Å². The molecule has 0 aliphatic carbocycles. The van der Waals surface area contributed by atoms with Gasteiger partial charge in [-0.25, -0.2) is 4.98 Å². The monoisotopic (exact) mass is 353 g/mol. The standard InChI is InChI=1S/C20H23N3O3/c1-24-19-14-15(20-21-16-4-2-3-5-17(16)22-20)6-7-18(19)26-13-10-23-8-11-25-12-9-23/h2-7,14H,8-13H2,1H3,(H,21,22). The highest BCUT2D eigenvalue weighted by Crippen LogP contribution is 2.32. The van der Waals surface area contributed by atoms with Gasteiger partial charge in [-0.1, -0.05) is 12.1 Å². The Balaban J connectivity index is 1.46. The van der Waals surface area contributed by atoms with Crippen LogP contribution in [0.15, 0.2) is 42.5 Å². The Morgan fingerprint density at radius 2 is 1.96 bits per heavy atom. The minimum absolute atomic E-state index is 0.625. The summed E-state index contributed by atoms with van der Waals surface area (Å²) in [5.41, 5.74) is 2.94. The highest BCUT2D eigenvalue weighted by molar-refractivity contribution is 5.79. The number of morpholine rings is 1. The second-order valence-corrected chi connectivity index (χ2v) is 6.27.